The summed E-state index contributed by atoms with van der Waals surface area (Å²) in [6.45, 7) is 2.07. The molecule has 1 fully saturated rings. The van der Waals surface area contributed by atoms with Crippen molar-refractivity contribution in [1.29, 1.82) is 0 Å². The van der Waals surface area contributed by atoms with E-state index in [0.29, 0.717) is 13.1 Å². The van der Waals surface area contributed by atoms with Gasteiger partial charge in [-0.25, -0.2) is 0 Å². The first-order valence-corrected chi connectivity index (χ1v) is 8.54. The van der Waals surface area contributed by atoms with E-state index in [1.165, 1.54) is 0 Å². The smallest absolute Gasteiger partial charge is 0.231 e. The number of halogens is 1. The first-order valence-electron chi connectivity index (χ1n) is 8.54. The van der Waals surface area contributed by atoms with E-state index in [1.54, 1.807) is 12.4 Å². The summed E-state index contributed by atoms with van der Waals surface area (Å²) in [5, 5.41) is 6.21. The summed E-state index contributed by atoms with van der Waals surface area (Å²) in [6, 6.07) is 11.4. The molecule has 0 saturated carbocycles. The molecular weight excluding hydrogens is 352 g/mol. The largest absolute Gasteiger partial charge is 0.332 e. The van der Waals surface area contributed by atoms with E-state index in [2.05, 4.69) is 15.6 Å². The van der Waals surface area contributed by atoms with Gasteiger partial charge in [0.15, 0.2) is 0 Å². The van der Waals surface area contributed by atoms with E-state index in [9.17, 15) is 9.59 Å². The third kappa shape index (κ3) is 3.43. The van der Waals surface area contributed by atoms with Crippen molar-refractivity contribution in [1.82, 2.24) is 15.2 Å². The lowest BCUT2D eigenvalue weighted by Crippen LogP contribution is -2.50. The normalized spacial score (nSPS) is 22.0. The van der Waals surface area contributed by atoms with Crippen molar-refractivity contribution in [3.8, 4) is 0 Å². The molecule has 0 bridgehead atoms. The molecule has 2 amide bonds. The fourth-order valence-electron chi connectivity index (χ4n) is 3.67. The lowest BCUT2D eigenvalue weighted by atomic mass is 9.88. The van der Waals surface area contributed by atoms with Crippen LogP contribution in [-0.4, -0.2) is 41.3 Å². The van der Waals surface area contributed by atoms with Crippen molar-refractivity contribution in [3.63, 3.8) is 0 Å². The number of nitrogens with zero attached hydrogens (tertiary/aromatic N) is 2. The highest BCUT2D eigenvalue weighted by Gasteiger charge is 2.37. The van der Waals surface area contributed by atoms with Gasteiger partial charge in [0.2, 0.25) is 11.8 Å². The molecule has 0 radical (unpaired) electrons. The Balaban J connectivity index is 0.00000196. The second-order valence-corrected chi connectivity index (χ2v) is 6.43. The van der Waals surface area contributed by atoms with Crippen LogP contribution in [0, 0.1) is 0 Å². The average molecular weight is 373 g/mol. The van der Waals surface area contributed by atoms with Crippen molar-refractivity contribution in [3.05, 3.63) is 59.9 Å². The maximum absolute atomic E-state index is 13.3. The molecule has 1 aromatic carbocycles. The third-order valence-electron chi connectivity index (χ3n) is 4.89. The Hall–Kier alpha value is -2.44. The standard InChI is InChI=1S/C19H20N4O2.ClH/c24-18-10-15(14-5-1-2-6-16(14)22-18)19(25)23-9-8-21-12-17(23)13-4-3-7-20-11-13;/h1-7,11,15,17,21H,8-10,12H2,(H,22,24);1H. The average Bonchev–Trinajstić information content (AvgIpc) is 2.67. The highest BCUT2D eigenvalue weighted by Crippen LogP contribution is 2.35. The summed E-state index contributed by atoms with van der Waals surface area (Å²) in [7, 11) is 0. The number of amides is 2. The van der Waals surface area contributed by atoms with E-state index < -0.39 is 5.92 Å². The number of aromatic nitrogens is 1. The van der Waals surface area contributed by atoms with Gasteiger partial charge in [0, 0.05) is 44.1 Å². The maximum Gasteiger partial charge on any atom is 0.231 e. The van der Waals surface area contributed by atoms with Crippen molar-refractivity contribution < 1.29 is 9.59 Å². The van der Waals surface area contributed by atoms with Gasteiger partial charge in [-0.2, -0.15) is 0 Å². The highest BCUT2D eigenvalue weighted by molar-refractivity contribution is 6.01. The number of carbonyl (C=O) groups excluding carboxylic acids is 2. The molecule has 2 aliphatic heterocycles. The van der Waals surface area contributed by atoms with Gasteiger partial charge in [-0.3, -0.25) is 14.6 Å². The zero-order chi connectivity index (χ0) is 17.2. The molecule has 136 valence electrons. The molecule has 6 nitrogen and oxygen atoms in total. The first kappa shape index (κ1) is 18.4. The number of carbonyl (C=O) groups is 2. The van der Waals surface area contributed by atoms with Crippen molar-refractivity contribution >= 4 is 29.9 Å². The van der Waals surface area contributed by atoms with E-state index in [4.69, 9.17) is 0 Å². The van der Waals surface area contributed by atoms with Crippen LogP contribution in [-0.2, 0) is 9.59 Å². The predicted octanol–water partition coefficient (Wildman–Crippen LogP) is 2.10. The molecule has 26 heavy (non-hydrogen) atoms. The SMILES string of the molecule is Cl.O=C1CC(C(=O)N2CCNCC2c2cccnc2)c2ccccc2N1. The van der Waals surface area contributed by atoms with E-state index in [1.807, 2.05) is 41.3 Å². The second-order valence-electron chi connectivity index (χ2n) is 6.43. The minimum atomic E-state index is -0.428. The number of pyridine rings is 1. The lowest BCUT2D eigenvalue weighted by Gasteiger charge is -2.39. The Kier molecular flexibility index (Phi) is 5.54. The molecule has 2 N–H and O–H groups in total. The molecule has 4 rings (SSSR count). The van der Waals surface area contributed by atoms with Gasteiger partial charge in [0.05, 0.1) is 12.0 Å². The lowest BCUT2D eigenvalue weighted by molar-refractivity contribution is -0.138. The monoisotopic (exact) mass is 372 g/mol. The Morgan fingerprint density at radius 3 is 2.85 bits per heavy atom. The van der Waals surface area contributed by atoms with Gasteiger partial charge < -0.3 is 15.5 Å². The molecule has 3 heterocycles. The first-order chi connectivity index (χ1) is 12.2. The molecule has 2 unspecified atom stereocenters. The number of piperazine rings is 1. The molecule has 2 atom stereocenters. The molecule has 7 heteroatoms. The summed E-state index contributed by atoms with van der Waals surface area (Å²) in [4.78, 5) is 31.5. The van der Waals surface area contributed by atoms with Crippen molar-refractivity contribution in [2.75, 3.05) is 25.0 Å². The molecule has 0 spiro atoms. The quantitative estimate of drug-likeness (QED) is 0.846. The number of fused-ring (bicyclic) bond motifs is 1. The van der Waals surface area contributed by atoms with Gasteiger partial charge in [-0.15, -0.1) is 12.4 Å². The van der Waals surface area contributed by atoms with Gasteiger partial charge in [-0.1, -0.05) is 24.3 Å². The van der Waals surface area contributed by atoms with Crippen LogP contribution in [0.5, 0.6) is 0 Å². The summed E-state index contributed by atoms with van der Waals surface area (Å²) in [6.07, 6.45) is 3.73. The van der Waals surface area contributed by atoms with Gasteiger partial charge in [0.25, 0.3) is 0 Å². The second kappa shape index (κ2) is 7.85. The summed E-state index contributed by atoms with van der Waals surface area (Å²) in [5.41, 5.74) is 2.65. The Labute approximate surface area is 158 Å². The van der Waals surface area contributed by atoms with Crippen LogP contribution in [0.25, 0.3) is 0 Å². The van der Waals surface area contributed by atoms with Crippen LogP contribution in [0.4, 0.5) is 5.69 Å². The number of nitrogens with one attached hydrogen (secondary N) is 2. The number of rotatable bonds is 2. The van der Waals surface area contributed by atoms with Crippen LogP contribution in [0.15, 0.2) is 48.8 Å². The minimum Gasteiger partial charge on any atom is -0.332 e. The predicted molar refractivity (Wildman–Crippen MR) is 101 cm³/mol. The maximum atomic E-state index is 13.3. The van der Waals surface area contributed by atoms with E-state index in [0.717, 1.165) is 23.4 Å². The van der Waals surface area contributed by atoms with Crippen LogP contribution < -0.4 is 10.6 Å². The minimum absolute atomic E-state index is 0. The highest BCUT2D eigenvalue weighted by atomic mass is 35.5. The number of anilines is 1. The number of para-hydroxylation sites is 1. The van der Waals surface area contributed by atoms with Crippen molar-refractivity contribution in [2.24, 2.45) is 0 Å². The van der Waals surface area contributed by atoms with Gasteiger partial charge >= 0.3 is 0 Å². The molecule has 1 aromatic heterocycles. The van der Waals surface area contributed by atoms with Crippen LogP contribution in [0.1, 0.15) is 29.5 Å². The Bertz CT molecular complexity index is 799. The van der Waals surface area contributed by atoms with E-state index in [-0.39, 0.29) is 36.7 Å². The number of hydrogen-bond acceptors (Lipinski definition) is 4. The fourth-order valence-corrected chi connectivity index (χ4v) is 3.67. The van der Waals surface area contributed by atoms with E-state index >= 15 is 0 Å². The summed E-state index contributed by atoms with van der Waals surface area (Å²) in [5.74, 6) is -0.523. The van der Waals surface area contributed by atoms with Crippen LogP contribution in [0.2, 0.25) is 0 Å². The zero-order valence-corrected chi connectivity index (χ0v) is 15.0. The topological polar surface area (TPSA) is 74.3 Å². The molecule has 1 saturated heterocycles. The van der Waals surface area contributed by atoms with Crippen LogP contribution in [0.3, 0.4) is 0 Å². The third-order valence-corrected chi connectivity index (χ3v) is 4.89. The number of benzene rings is 1. The zero-order valence-electron chi connectivity index (χ0n) is 14.2. The molecular formula is C19H21ClN4O2. The number of hydrogen-bond donors (Lipinski definition) is 2. The molecule has 0 aliphatic carbocycles. The molecule has 2 aliphatic rings. The van der Waals surface area contributed by atoms with Gasteiger partial charge in [-0.05, 0) is 23.3 Å². The summed E-state index contributed by atoms with van der Waals surface area (Å²) < 4.78 is 0. The summed E-state index contributed by atoms with van der Waals surface area (Å²) >= 11 is 0. The fraction of sp³-hybridized carbons (Fsp3) is 0.316. The van der Waals surface area contributed by atoms with Gasteiger partial charge in [0.1, 0.15) is 0 Å². The molecule has 2 aromatic rings. The Morgan fingerprint density at radius 2 is 2.04 bits per heavy atom. The van der Waals surface area contributed by atoms with Crippen LogP contribution >= 0.6 is 12.4 Å². The van der Waals surface area contributed by atoms with Crippen molar-refractivity contribution in [2.45, 2.75) is 18.4 Å². The Morgan fingerprint density at radius 1 is 1.19 bits per heavy atom.